The van der Waals surface area contributed by atoms with Gasteiger partial charge in [0.05, 0.1) is 11.1 Å². The van der Waals surface area contributed by atoms with E-state index in [1.165, 1.54) is 23.9 Å². The van der Waals surface area contributed by atoms with Crippen LogP contribution < -0.4 is 26.4 Å². The molecule has 2 rings (SSSR count). The van der Waals surface area contributed by atoms with Crippen LogP contribution in [0.4, 0.5) is 18.9 Å². The highest BCUT2D eigenvalue weighted by Crippen LogP contribution is 2.24. The summed E-state index contributed by atoms with van der Waals surface area (Å²) in [6.07, 6.45) is -4.72. The molecule has 0 radical (unpaired) electrons. The third-order valence-electron chi connectivity index (χ3n) is 2.40. The molecule has 10 heteroatoms. The molecule has 1 aliphatic rings. The number of thioether (sulfide) groups is 1. The Hall–Kier alpha value is -1.49. The Morgan fingerprint density at radius 2 is 2.10 bits per heavy atom. The van der Waals surface area contributed by atoms with E-state index in [9.17, 15) is 18.0 Å². The fourth-order valence-corrected chi connectivity index (χ4v) is 2.31. The van der Waals surface area contributed by atoms with E-state index < -0.39 is 6.36 Å². The number of ether oxygens (including phenoxy) is 1. The largest absolute Gasteiger partial charge is 0.573 e. The minimum absolute atomic E-state index is 0.0818. The van der Waals surface area contributed by atoms with Crippen LogP contribution in [0.1, 0.15) is 0 Å². The van der Waals surface area contributed by atoms with Gasteiger partial charge in [-0.3, -0.25) is 4.79 Å². The molecule has 1 saturated heterocycles. The Morgan fingerprint density at radius 1 is 1.38 bits per heavy atom. The molecule has 1 amide bonds. The molecular formula is C11H13F3N4O2S. The van der Waals surface area contributed by atoms with E-state index >= 15 is 0 Å². The highest BCUT2D eigenvalue weighted by Gasteiger charge is 2.30. The third kappa shape index (κ3) is 5.79. The zero-order chi connectivity index (χ0) is 15.3. The highest BCUT2D eigenvalue weighted by atomic mass is 32.2. The van der Waals surface area contributed by atoms with Gasteiger partial charge in [0.15, 0.2) is 0 Å². The summed E-state index contributed by atoms with van der Waals surface area (Å²) >= 11 is 1.40. The van der Waals surface area contributed by atoms with Gasteiger partial charge in [-0.1, -0.05) is 0 Å². The van der Waals surface area contributed by atoms with Crippen molar-refractivity contribution in [2.24, 2.45) is 0 Å². The van der Waals surface area contributed by atoms with Gasteiger partial charge in [-0.2, -0.15) is 5.53 Å². The number of hydrogen-bond acceptors (Lipinski definition) is 6. The molecule has 116 valence electrons. The summed E-state index contributed by atoms with van der Waals surface area (Å²) in [6.45, 7) is 0.682. The molecule has 1 aromatic rings. The van der Waals surface area contributed by atoms with Crippen LogP contribution in [0.3, 0.4) is 0 Å². The SMILES string of the molecule is O=C(CSC1CNNN1)Nc1ccc(OC(F)(F)F)cc1. The molecule has 1 aliphatic heterocycles. The van der Waals surface area contributed by atoms with Crippen LogP contribution in [-0.2, 0) is 4.79 Å². The van der Waals surface area contributed by atoms with Crippen LogP contribution >= 0.6 is 11.8 Å². The number of nitrogens with one attached hydrogen (secondary N) is 4. The molecule has 0 aliphatic carbocycles. The lowest BCUT2D eigenvalue weighted by molar-refractivity contribution is -0.274. The maximum absolute atomic E-state index is 12.0. The summed E-state index contributed by atoms with van der Waals surface area (Å²) in [7, 11) is 0. The summed E-state index contributed by atoms with van der Waals surface area (Å²) in [5, 5.41) is 2.67. The predicted octanol–water partition coefficient (Wildman–Crippen LogP) is 1.20. The van der Waals surface area contributed by atoms with E-state index in [-0.39, 0.29) is 22.8 Å². The summed E-state index contributed by atoms with van der Waals surface area (Å²) in [5.74, 6) is -0.345. The maximum atomic E-state index is 12.0. The number of halogens is 3. The normalized spacial score (nSPS) is 18.5. The average Bonchev–Trinajstić information content (AvgIpc) is 2.90. The van der Waals surface area contributed by atoms with Gasteiger partial charge < -0.3 is 10.1 Å². The summed E-state index contributed by atoms with van der Waals surface area (Å²) in [4.78, 5) is 11.7. The van der Waals surface area contributed by atoms with Crippen molar-refractivity contribution in [2.45, 2.75) is 11.7 Å². The number of benzene rings is 1. The molecule has 0 aromatic heterocycles. The van der Waals surface area contributed by atoms with Crippen LogP contribution in [-0.4, -0.2) is 29.9 Å². The Bertz CT molecular complexity index is 477. The van der Waals surface area contributed by atoms with Gasteiger partial charge in [-0.05, 0) is 24.3 Å². The first-order valence-corrected chi connectivity index (χ1v) is 6.98. The first kappa shape index (κ1) is 15.9. The molecule has 0 bridgehead atoms. The number of carbonyl (C=O) groups is 1. The Morgan fingerprint density at radius 3 is 2.67 bits per heavy atom. The monoisotopic (exact) mass is 322 g/mol. The predicted molar refractivity (Wildman–Crippen MR) is 72.3 cm³/mol. The van der Waals surface area contributed by atoms with E-state index in [0.29, 0.717) is 12.2 Å². The van der Waals surface area contributed by atoms with Crippen molar-refractivity contribution in [1.82, 2.24) is 16.4 Å². The van der Waals surface area contributed by atoms with Gasteiger partial charge in [0.2, 0.25) is 5.91 Å². The lowest BCUT2D eigenvalue weighted by Crippen LogP contribution is -2.32. The molecule has 1 atom stereocenters. The molecule has 1 aromatic carbocycles. The van der Waals surface area contributed by atoms with Crippen LogP contribution in [0.15, 0.2) is 24.3 Å². The van der Waals surface area contributed by atoms with Gasteiger partial charge in [0, 0.05) is 12.2 Å². The standard InChI is InChI=1S/C11H13F3N4O2S/c12-11(13,14)20-8-3-1-7(2-4-8)16-9(19)6-21-10-5-15-18-17-10/h1-4,10,15,17-18H,5-6H2,(H,16,19). The number of alkyl halides is 3. The molecule has 21 heavy (non-hydrogen) atoms. The maximum Gasteiger partial charge on any atom is 0.573 e. The number of carbonyl (C=O) groups excluding carboxylic acids is 1. The smallest absolute Gasteiger partial charge is 0.406 e. The zero-order valence-electron chi connectivity index (χ0n) is 10.7. The molecule has 1 heterocycles. The van der Waals surface area contributed by atoms with Gasteiger partial charge in [0.1, 0.15) is 5.75 Å². The fourth-order valence-electron chi connectivity index (χ4n) is 1.54. The molecular weight excluding hydrogens is 309 g/mol. The summed E-state index contributed by atoms with van der Waals surface area (Å²) in [5.41, 5.74) is 8.88. The number of hydrazine groups is 2. The molecule has 1 unspecified atom stereocenters. The number of rotatable bonds is 5. The van der Waals surface area contributed by atoms with Crippen molar-refractivity contribution in [3.8, 4) is 5.75 Å². The lowest BCUT2D eigenvalue weighted by Gasteiger charge is -2.10. The lowest BCUT2D eigenvalue weighted by atomic mass is 10.3. The van der Waals surface area contributed by atoms with Crippen molar-refractivity contribution >= 4 is 23.4 Å². The Kier molecular flexibility index (Phi) is 5.28. The van der Waals surface area contributed by atoms with E-state index in [2.05, 4.69) is 26.4 Å². The molecule has 0 spiro atoms. The molecule has 1 fully saturated rings. The topological polar surface area (TPSA) is 74.4 Å². The van der Waals surface area contributed by atoms with E-state index in [1.807, 2.05) is 0 Å². The second-order valence-electron chi connectivity index (χ2n) is 4.07. The Labute approximate surface area is 122 Å². The van der Waals surface area contributed by atoms with Crippen LogP contribution in [0.2, 0.25) is 0 Å². The third-order valence-corrected chi connectivity index (χ3v) is 3.51. The van der Waals surface area contributed by atoms with Crippen molar-refractivity contribution in [3.63, 3.8) is 0 Å². The molecule has 6 nitrogen and oxygen atoms in total. The van der Waals surface area contributed by atoms with Gasteiger partial charge in [-0.15, -0.1) is 24.9 Å². The van der Waals surface area contributed by atoms with E-state index in [0.717, 1.165) is 12.1 Å². The number of amides is 1. The number of anilines is 1. The van der Waals surface area contributed by atoms with Crippen molar-refractivity contribution in [3.05, 3.63) is 24.3 Å². The fraction of sp³-hybridized carbons (Fsp3) is 0.364. The van der Waals surface area contributed by atoms with Crippen LogP contribution in [0, 0.1) is 0 Å². The first-order chi connectivity index (χ1) is 9.92. The van der Waals surface area contributed by atoms with Gasteiger partial charge in [-0.25, -0.2) is 10.9 Å². The van der Waals surface area contributed by atoms with E-state index in [4.69, 9.17) is 0 Å². The minimum atomic E-state index is -4.72. The van der Waals surface area contributed by atoms with Crippen molar-refractivity contribution < 1.29 is 22.7 Å². The zero-order valence-corrected chi connectivity index (χ0v) is 11.5. The van der Waals surface area contributed by atoms with E-state index in [1.54, 1.807) is 0 Å². The summed E-state index contributed by atoms with van der Waals surface area (Å²) < 4.78 is 39.7. The second kappa shape index (κ2) is 6.98. The first-order valence-electron chi connectivity index (χ1n) is 5.93. The quantitative estimate of drug-likeness (QED) is 0.653. The van der Waals surface area contributed by atoms with Gasteiger partial charge in [0.25, 0.3) is 0 Å². The minimum Gasteiger partial charge on any atom is -0.406 e. The van der Waals surface area contributed by atoms with Crippen LogP contribution in [0.25, 0.3) is 0 Å². The molecule has 4 N–H and O–H groups in total. The average molecular weight is 322 g/mol. The Balaban J connectivity index is 1.78. The highest BCUT2D eigenvalue weighted by molar-refractivity contribution is 8.00. The molecule has 0 saturated carbocycles. The summed E-state index contributed by atoms with van der Waals surface area (Å²) in [6, 6.07) is 4.98. The van der Waals surface area contributed by atoms with Crippen molar-refractivity contribution in [2.75, 3.05) is 17.6 Å². The second-order valence-corrected chi connectivity index (χ2v) is 5.26. The van der Waals surface area contributed by atoms with Crippen LogP contribution in [0.5, 0.6) is 5.75 Å². The van der Waals surface area contributed by atoms with Gasteiger partial charge >= 0.3 is 6.36 Å². The number of hydrogen-bond donors (Lipinski definition) is 4. The van der Waals surface area contributed by atoms with Crippen molar-refractivity contribution in [1.29, 1.82) is 0 Å².